The van der Waals surface area contributed by atoms with Gasteiger partial charge in [0.05, 0.1) is 29.7 Å². The molecular formula is C13H14N4O4. The number of carbonyl (C=O) groups is 1. The first-order valence-electron chi connectivity index (χ1n) is 6.34. The number of anilines is 1. The lowest BCUT2D eigenvalue weighted by Crippen LogP contribution is -2.45. The van der Waals surface area contributed by atoms with Gasteiger partial charge in [0.1, 0.15) is 5.69 Å². The van der Waals surface area contributed by atoms with Crippen LogP contribution in [0.1, 0.15) is 10.4 Å². The van der Waals surface area contributed by atoms with Crippen molar-refractivity contribution in [1.29, 1.82) is 5.26 Å². The number of nitriles is 1. The van der Waals surface area contributed by atoms with Gasteiger partial charge in [0.2, 0.25) is 0 Å². The zero-order valence-corrected chi connectivity index (χ0v) is 11.4. The average molecular weight is 290 g/mol. The number of hydrogen-bond acceptors (Lipinski definition) is 6. The smallest absolute Gasteiger partial charge is 0.293 e. The van der Waals surface area contributed by atoms with Gasteiger partial charge in [0.15, 0.2) is 6.10 Å². The Morgan fingerprint density at radius 3 is 3.00 bits per heavy atom. The maximum absolute atomic E-state index is 12.5. The molecule has 1 aromatic carbocycles. The van der Waals surface area contributed by atoms with E-state index >= 15 is 0 Å². The minimum atomic E-state index is -0.667. The SMILES string of the molecule is CNc1c(C(=O)N2CCOC(C#N)C2)cccc1[N+](=O)[O-]. The standard InChI is InChI=1S/C13H14N4O4/c1-15-12-10(3-2-4-11(12)17(19)20)13(18)16-5-6-21-9(7-14)8-16/h2-4,9,15H,5-6,8H2,1H3. The first kappa shape index (κ1) is 14.7. The van der Waals surface area contributed by atoms with Crippen LogP contribution in [-0.2, 0) is 4.74 Å². The molecule has 0 aliphatic carbocycles. The second kappa shape index (κ2) is 6.19. The largest absolute Gasteiger partial charge is 0.382 e. The molecule has 1 N–H and O–H groups in total. The van der Waals surface area contributed by atoms with Gasteiger partial charge in [-0.05, 0) is 6.07 Å². The van der Waals surface area contributed by atoms with Crippen LogP contribution < -0.4 is 5.32 Å². The van der Waals surface area contributed by atoms with Crippen LogP contribution >= 0.6 is 0 Å². The average Bonchev–Trinajstić information content (AvgIpc) is 2.53. The van der Waals surface area contributed by atoms with Crippen LogP contribution in [-0.4, -0.2) is 48.6 Å². The minimum Gasteiger partial charge on any atom is -0.382 e. The van der Waals surface area contributed by atoms with E-state index < -0.39 is 11.0 Å². The molecule has 1 aliphatic heterocycles. The Hall–Kier alpha value is -2.66. The molecule has 0 spiro atoms. The number of nitrogens with one attached hydrogen (secondary N) is 1. The highest BCUT2D eigenvalue weighted by molar-refractivity contribution is 6.01. The van der Waals surface area contributed by atoms with E-state index in [-0.39, 0.29) is 36.0 Å². The highest BCUT2D eigenvalue weighted by Gasteiger charge is 2.28. The third-order valence-corrected chi connectivity index (χ3v) is 3.22. The Labute approximate surface area is 121 Å². The number of rotatable bonds is 3. The van der Waals surface area contributed by atoms with E-state index in [1.807, 2.05) is 6.07 Å². The zero-order chi connectivity index (χ0) is 15.4. The zero-order valence-electron chi connectivity index (χ0n) is 11.4. The van der Waals surface area contributed by atoms with Gasteiger partial charge >= 0.3 is 0 Å². The van der Waals surface area contributed by atoms with Gasteiger partial charge < -0.3 is 15.0 Å². The molecule has 1 fully saturated rings. The van der Waals surface area contributed by atoms with Gasteiger partial charge in [-0.2, -0.15) is 5.26 Å². The Bertz CT molecular complexity index is 611. The van der Waals surface area contributed by atoms with Crippen LogP contribution in [0.25, 0.3) is 0 Å². The van der Waals surface area contributed by atoms with E-state index in [0.29, 0.717) is 6.54 Å². The summed E-state index contributed by atoms with van der Waals surface area (Å²) in [5.41, 5.74) is 0.228. The second-order valence-corrected chi connectivity index (χ2v) is 4.45. The van der Waals surface area contributed by atoms with Crippen molar-refractivity contribution in [2.75, 3.05) is 32.1 Å². The molecule has 0 bridgehead atoms. The molecule has 8 heteroatoms. The third-order valence-electron chi connectivity index (χ3n) is 3.22. The first-order chi connectivity index (χ1) is 10.1. The quantitative estimate of drug-likeness (QED) is 0.657. The number of nitro benzene ring substituents is 1. The number of amides is 1. The molecule has 1 aliphatic rings. The van der Waals surface area contributed by atoms with Crippen molar-refractivity contribution in [1.82, 2.24) is 4.90 Å². The molecule has 8 nitrogen and oxygen atoms in total. The van der Waals surface area contributed by atoms with E-state index in [0.717, 1.165) is 0 Å². The fraction of sp³-hybridized carbons (Fsp3) is 0.385. The molecule has 2 rings (SSSR count). The molecule has 0 aromatic heterocycles. The van der Waals surface area contributed by atoms with Crippen LogP contribution in [0.5, 0.6) is 0 Å². The monoisotopic (exact) mass is 290 g/mol. The van der Waals surface area contributed by atoms with Crippen LogP contribution in [0.3, 0.4) is 0 Å². The number of para-hydroxylation sites is 1. The summed E-state index contributed by atoms with van der Waals surface area (Å²) in [7, 11) is 1.52. The Morgan fingerprint density at radius 2 is 2.38 bits per heavy atom. The summed E-state index contributed by atoms with van der Waals surface area (Å²) >= 11 is 0. The lowest BCUT2D eigenvalue weighted by molar-refractivity contribution is -0.384. The summed E-state index contributed by atoms with van der Waals surface area (Å²) < 4.78 is 5.18. The molecule has 1 aromatic rings. The van der Waals surface area contributed by atoms with Crippen molar-refractivity contribution in [2.45, 2.75) is 6.10 Å². The lowest BCUT2D eigenvalue weighted by atomic mass is 10.1. The number of ether oxygens (including phenoxy) is 1. The predicted octanol–water partition coefficient (Wildman–Crippen LogP) is 1.00. The number of morpholine rings is 1. The van der Waals surface area contributed by atoms with Crippen molar-refractivity contribution in [2.24, 2.45) is 0 Å². The van der Waals surface area contributed by atoms with Crippen molar-refractivity contribution >= 4 is 17.3 Å². The summed E-state index contributed by atoms with van der Waals surface area (Å²) in [5.74, 6) is -0.355. The Kier molecular flexibility index (Phi) is 4.35. The van der Waals surface area contributed by atoms with E-state index in [2.05, 4.69) is 5.32 Å². The molecular weight excluding hydrogens is 276 g/mol. The summed E-state index contributed by atoms with van der Waals surface area (Å²) in [5, 5.41) is 22.6. The van der Waals surface area contributed by atoms with E-state index in [1.54, 1.807) is 0 Å². The van der Waals surface area contributed by atoms with Crippen molar-refractivity contribution < 1.29 is 14.5 Å². The Morgan fingerprint density at radius 1 is 1.62 bits per heavy atom. The highest BCUT2D eigenvalue weighted by atomic mass is 16.6. The molecule has 110 valence electrons. The number of nitro groups is 1. The molecule has 0 saturated carbocycles. The van der Waals surface area contributed by atoms with Crippen molar-refractivity contribution in [3.8, 4) is 6.07 Å². The third kappa shape index (κ3) is 2.93. The van der Waals surface area contributed by atoms with Gasteiger partial charge in [0, 0.05) is 19.7 Å². The van der Waals surface area contributed by atoms with Gasteiger partial charge in [-0.15, -0.1) is 0 Å². The molecule has 1 saturated heterocycles. The number of nitrogens with zero attached hydrogens (tertiary/aromatic N) is 3. The Balaban J connectivity index is 2.33. The normalized spacial score (nSPS) is 17.9. The summed E-state index contributed by atoms with van der Waals surface area (Å²) in [6.45, 7) is 0.776. The van der Waals surface area contributed by atoms with Crippen LogP contribution in [0.15, 0.2) is 18.2 Å². The van der Waals surface area contributed by atoms with Gasteiger partial charge in [0.25, 0.3) is 11.6 Å². The molecule has 1 unspecified atom stereocenters. The van der Waals surface area contributed by atoms with Crippen molar-refractivity contribution in [3.05, 3.63) is 33.9 Å². The van der Waals surface area contributed by atoms with Gasteiger partial charge in [-0.3, -0.25) is 14.9 Å². The summed E-state index contributed by atoms with van der Waals surface area (Å²) in [6.07, 6.45) is -0.667. The molecule has 0 radical (unpaired) electrons. The second-order valence-electron chi connectivity index (χ2n) is 4.45. The maximum atomic E-state index is 12.5. The fourth-order valence-electron chi connectivity index (χ4n) is 2.22. The topological polar surface area (TPSA) is 109 Å². The van der Waals surface area contributed by atoms with E-state index in [1.165, 1.54) is 30.1 Å². The molecule has 1 amide bonds. The minimum absolute atomic E-state index is 0.154. The van der Waals surface area contributed by atoms with E-state index in [4.69, 9.17) is 10.00 Å². The van der Waals surface area contributed by atoms with Crippen LogP contribution in [0.4, 0.5) is 11.4 Å². The lowest BCUT2D eigenvalue weighted by Gasteiger charge is -2.30. The number of benzene rings is 1. The van der Waals surface area contributed by atoms with Gasteiger partial charge in [-0.25, -0.2) is 0 Å². The summed E-state index contributed by atoms with van der Waals surface area (Å²) in [6, 6.07) is 6.28. The first-order valence-corrected chi connectivity index (χ1v) is 6.34. The highest BCUT2D eigenvalue weighted by Crippen LogP contribution is 2.29. The predicted molar refractivity (Wildman–Crippen MR) is 73.9 cm³/mol. The fourth-order valence-corrected chi connectivity index (χ4v) is 2.22. The van der Waals surface area contributed by atoms with Crippen molar-refractivity contribution in [3.63, 3.8) is 0 Å². The maximum Gasteiger partial charge on any atom is 0.293 e. The van der Waals surface area contributed by atoms with Gasteiger partial charge in [-0.1, -0.05) is 6.07 Å². The van der Waals surface area contributed by atoms with E-state index in [9.17, 15) is 14.9 Å². The molecule has 1 atom stereocenters. The molecule has 1 heterocycles. The van der Waals surface area contributed by atoms with Crippen LogP contribution in [0, 0.1) is 21.4 Å². The molecule has 21 heavy (non-hydrogen) atoms. The number of hydrogen-bond donors (Lipinski definition) is 1. The summed E-state index contributed by atoms with van der Waals surface area (Å²) in [4.78, 5) is 24.4. The van der Waals surface area contributed by atoms with Crippen LogP contribution in [0.2, 0.25) is 0 Å². The number of carbonyl (C=O) groups excluding carboxylic acids is 1.